The van der Waals surface area contributed by atoms with E-state index in [4.69, 9.17) is 14.9 Å². The van der Waals surface area contributed by atoms with Gasteiger partial charge in [-0.2, -0.15) is 0 Å². The van der Waals surface area contributed by atoms with Crippen LogP contribution >= 0.6 is 0 Å². The minimum Gasteiger partial charge on any atom is -0.468 e. The zero-order valence-electron chi connectivity index (χ0n) is 9.39. The predicted molar refractivity (Wildman–Crippen MR) is 59.8 cm³/mol. The van der Waals surface area contributed by atoms with Crippen molar-refractivity contribution >= 4 is 0 Å². The van der Waals surface area contributed by atoms with Crippen molar-refractivity contribution in [3.63, 3.8) is 0 Å². The molecule has 0 aromatic carbocycles. The summed E-state index contributed by atoms with van der Waals surface area (Å²) < 4.78 is 11.2. The van der Waals surface area contributed by atoms with E-state index in [-0.39, 0.29) is 0 Å². The maximum atomic E-state index is 5.81. The van der Waals surface area contributed by atoms with Gasteiger partial charge in [-0.25, -0.2) is 0 Å². The van der Waals surface area contributed by atoms with Gasteiger partial charge in [0.15, 0.2) is 0 Å². The summed E-state index contributed by atoms with van der Waals surface area (Å²) in [4.78, 5) is 2.45. The number of hydrogen-bond acceptors (Lipinski definition) is 4. The highest BCUT2D eigenvalue weighted by molar-refractivity contribution is 5.16. The third-order valence-electron chi connectivity index (χ3n) is 3.54. The Morgan fingerprint density at radius 1 is 1.31 bits per heavy atom. The molecule has 2 aliphatic rings. The van der Waals surface area contributed by atoms with E-state index >= 15 is 0 Å². The van der Waals surface area contributed by atoms with Gasteiger partial charge < -0.3 is 14.9 Å². The van der Waals surface area contributed by atoms with Crippen LogP contribution in [0.3, 0.4) is 0 Å². The van der Waals surface area contributed by atoms with Crippen molar-refractivity contribution in [2.75, 3.05) is 13.1 Å². The summed E-state index contributed by atoms with van der Waals surface area (Å²) in [5.74, 6) is 0.916. The largest absolute Gasteiger partial charge is 0.468 e. The van der Waals surface area contributed by atoms with Gasteiger partial charge in [-0.15, -0.1) is 0 Å². The smallest absolute Gasteiger partial charge is 0.121 e. The third-order valence-corrected chi connectivity index (χ3v) is 3.54. The van der Waals surface area contributed by atoms with Crippen LogP contribution < -0.4 is 5.73 Å². The van der Waals surface area contributed by atoms with Crippen LogP contribution in [0.5, 0.6) is 0 Å². The Hall–Kier alpha value is -0.840. The third kappa shape index (κ3) is 1.88. The Labute approximate surface area is 95.3 Å². The Bertz CT molecular complexity index is 352. The molecule has 3 heterocycles. The zero-order chi connectivity index (χ0) is 11.0. The molecule has 2 atom stereocenters. The first-order valence-electron chi connectivity index (χ1n) is 5.98. The lowest BCUT2D eigenvalue weighted by atomic mass is 10.2. The predicted octanol–water partition coefficient (Wildman–Crippen LogP) is 1.10. The molecule has 0 spiro atoms. The van der Waals surface area contributed by atoms with Crippen molar-refractivity contribution < 1.29 is 9.15 Å². The van der Waals surface area contributed by atoms with Gasteiger partial charge in [0.05, 0.1) is 25.0 Å². The molecule has 2 saturated heterocycles. The summed E-state index contributed by atoms with van der Waals surface area (Å²) >= 11 is 0. The maximum Gasteiger partial charge on any atom is 0.121 e. The lowest BCUT2D eigenvalue weighted by molar-refractivity contribution is -0.0411. The average Bonchev–Trinajstić information content (AvgIpc) is 2.85. The normalized spacial score (nSPS) is 29.8. The molecular weight excluding hydrogens is 204 g/mol. The topological polar surface area (TPSA) is 51.6 Å². The van der Waals surface area contributed by atoms with E-state index in [1.807, 2.05) is 6.07 Å². The van der Waals surface area contributed by atoms with Crippen molar-refractivity contribution in [3.05, 3.63) is 23.7 Å². The molecule has 2 aliphatic heterocycles. The highest BCUT2D eigenvalue weighted by Gasteiger charge is 2.33. The highest BCUT2D eigenvalue weighted by atomic mass is 16.5. The highest BCUT2D eigenvalue weighted by Crippen LogP contribution is 2.27. The molecule has 4 heteroatoms. The first-order chi connectivity index (χ1) is 7.85. The van der Waals surface area contributed by atoms with Gasteiger partial charge in [-0.3, -0.25) is 4.90 Å². The molecule has 0 radical (unpaired) electrons. The molecule has 2 fully saturated rings. The molecule has 2 N–H and O–H groups in total. The van der Waals surface area contributed by atoms with Crippen LogP contribution in [0, 0.1) is 0 Å². The first-order valence-corrected chi connectivity index (χ1v) is 5.98. The number of nitrogens with zero attached hydrogens (tertiary/aromatic N) is 1. The molecule has 88 valence electrons. The quantitative estimate of drug-likeness (QED) is 0.832. The second kappa shape index (κ2) is 4.20. The van der Waals surface area contributed by atoms with Crippen molar-refractivity contribution in [1.82, 2.24) is 4.90 Å². The average molecular weight is 222 g/mol. The molecule has 1 aromatic rings. The van der Waals surface area contributed by atoms with Crippen LogP contribution in [0.2, 0.25) is 0 Å². The van der Waals surface area contributed by atoms with Gasteiger partial charge in [0, 0.05) is 25.2 Å². The summed E-state index contributed by atoms with van der Waals surface area (Å²) in [5.41, 5.74) is 6.86. The molecule has 16 heavy (non-hydrogen) atoms. The Kier molecular flexibility index (Phi) is 2.71. The molecule has 0 aliphatic carbocycles. The van der Waals surface area contributed by atoms with Gasteiger partial charge >= 0.3 is 0 Å². The van der Waals surface area contributed by atoms with Crippen LogP contribution in [-0.2, 0) is 17.8 Å². The number of morpholine rings is 1. The molecule has 4 nitrogen and oxygen atoms in total. The van der Waals surface area contributed by atoms with Gasteiger partial charge in [-0.05, 0) is 18.9 Å². The monoisotopic (exact) mass is 222 g/mol. The van der Waals surface area contributed by atoms with Crippen molar-refractivity contribution in [3.8, 4) is 0 Å². The molecule has 0 amide bonds. The van der Waals surface area contributed by atoms with Crippen molar-refractivity contribution in [2.24, 2.45) is 5.73 Å². The fourth-order valence-electron chi connectivity index (χ4n) is 2.76. The fourth-order valence-corrected chi connectivity index (χ4v) is 2.76. The van der Waals surface area contributed by atoms with Crippen LogP contribution in [0.15, 0.2) is 16.7 Å². The first kappa shape index (κ1) is 10.3. The van der Waals surface area contributed by atoms with Gasteiger partial charge in [0.2, 0.25) is 0 Å². The number of ether oxygens (including phenoxy) is 1. The molecule has 2 bridgehead atoms. The number of nitrogens with two attached hydrogens (primary N) is 1. The molecule has 1 aromatic heterocycles. The molecule has 0 saturated carbocycles. The number of rotatable bonds is 3. The standard InChI is InChI=1S/C12H18N2O2/c13-5-12-9(3-4-15-12)6-14-7-10-1-2-11(8-14)16-10/h3-4,10-11H,1-2,5-8,13H2. The summed E-state index contributed by atoms with van der Waals surface area (Å²) in [5, 5.41) is 0. The summed E-state index contributed by atoms with van der Waals surface area (Å²) in [6.07, 6.45) is 5.07. The van der Waals surface area contributed by atoms with E-state index in [2.05, 4.69) is 4.90 Å². The minimum atomic E-state index is 0.451. The van der Waals surface area contributed by atoms with E-state index in [9.17, 15) is 0 Å². The second-order valence-corrected chi connectivity index (χ2v) is 4.72. The van der Waals surface area contributed by atoms with Crippen LogP contribution in [0.4, 0.5) is 0 Å². The van der Waals surface area contributed by atoms with E-state index in [0.717, 1.165) is 25.4 Å². The number of fused-ring (bicyclic) bond motifs is 2. The molecule has 2 unspecified atom stereocenters. The molecule has 3 rings (SSSR count). The lowest BCUT2D eigenvalue weighted by Gasteiger charge is -2.31. The SMILES string of the molecule is NCc1occc1CN1CC2CCC(C1)O2. The summed E-state index contributed by atoms with van der Waals surface area (Å²) in [6.45, 7) is 3.52. The van der Waals surface area contributed by atoms with Crippen molar-refractivity contribution in [2.45, 2.75) is 38.1 Å². The van der Waals surface area contributed by atoms with E-state index < -0.39 is 0 Å². The lowest BCUT2D eigenvalue weighted by Crippen LogP contribution is -2.42. The minimum absolute atomic E-state index is 0.451. The Morgan fingerprint density at radius 2 is 2.06 bits per heavy atom. The van der Waals surface area contributed by atoms with Crippen LogP contribution in [0.1, 0.15) is 24.2 Å². The van der Waals surface area contributed by atoms with E-state index in [0.29, 0.717) is 18.8 Å². The zero-order valence-corrected chi connectivity index (χ0v) is 9.39. The maximum absolute atomic E-state index is 5.81. The van der Waals surface area contributed by atoms with Gasteiger partial charge in [0.25, 0.3) is 0 Å². The summed E-state index contributed by atoms with van der Waals surface area (Å²) in [7, 11) is 0. The number of likely N-dealkylation sites (tertiary alicyclic amines) is 1. The second-order valence-electron chi connectivity index (χ2n) is 4.72. The Balaban J connectivity index is 1.66. The molecular formula is C12H18N2O2. The van der Waals surface area contributed by atoms with Crippen LogP contribution in [0.25, 0.3) is 0 Å². The van der Waals surface area contributed by atoms with E-state index in [1.165, 1.54) is 18.4 Å². The van der Waals surface area contributed by atoms with Crippen LogP contribution in [-0.4, -0.2) is 30.2 Å². The Morgan fingerprint density at radius 3 is 2.75 bits per heavy atom. The fraction of sp³-hybridized carbons (Fsp3) is 0.667. The van der Waals surface area contributed by atoms with Crippen molar-refractivity contribution in [1.29, 1.82) is 0 Å². The van der Waals surface area contributed by atoms with E-state index in [1.54, 1.807) is 6.26 Å². The number of furan rings is 1. The number of hydrogen-bond donors (Lipinski definition) is 1. The summed E-state index contributed by atoms with van der Waals surface area (Å²) in [6, 6.07) is 2.03. The van der Waals surface area contributed by atoms with Gasteiger partial charge in [-0.1, -0.05) is 0 Å². The van der Waals surface area contributed by atoms with Gasteiger partial charge in [0.1, 0.15) is 5.76 Å².